The third kappa shape index (κ3) is 2.95. The second-order valence-corrected chi connectivity index (χ2v) is 6.17. The number of nitrogens with one attached hydrogen (secondary N) is 2. The smallest absolute Gasteiger partial charge is 0.226 e. The molecule has 2 aromatic carbocycles. The van der Waals surface area contributed by atoms with E-state index in [1.54, 1.807) is 29.3 Å². The Labute approximate surface area is 149 Å². The molecule has 130 valence electrons. The Morgan fingerprint density at radius 3 is 2.81 bits per heavy atom. The molecule has 0 fully saturated rings. The van der Waals surface area contributed by atoms with E-state index in [1.165, 1.54) is 6.92 Å². The Kier molecular flexibility index (Phi) is 3.96. The van der Waals surface area contributed by atoms with E-state index in [1.807, 2.05) is 30.3 Å². The number of hydrogen-bond acceptors (Lipinski definition) is 4. The number of rotatable bonds is 3. The molecule has 1 aromatic heterocycles. The number of carbonyl (C=O) groups excluding carboxylic acids is 2. The summed E-state index contributed by atoms with van der Waals surface area (Å²) in [5.41, 5.74) is 4.04. The molecule has 3 aromatic rings. The summed E-state index contributed by atoms with van der Waals surface area (Å²) in [6.45, 7) is 1.50. The van der Waals surface area contributed by atoms with E-state index < -0.39 is 0 Å². The van der Waals surface area contributed by atoms with Crippen molar-refractivity contribution < 1.29 is 9.59 Å². The first-order valence-electron chi connectivity index (χ1n) is 8.28. The van der Waals surface area contributed by atoms with Gasteiger partial charge in [0.05, 0.1) is 12.5 Å². The van der Waals surface area contributed by atoms with Gasteiger partial charge in [-0.3, -0.25) is 9.59 Å². The highest BCUT2D eigenvalue weighted by Gasteiger charge is 2.28. The van der Waals surface area contributed by atoms with Gasteiger partial charge >= 0.3 is 0 Å². The molecule has 4 rings (SSSR count). The molecule has 1 unspecified atom stereocenters. The van der Waals surface area contributed by atoms with Crippen molar-refractivity contribution in [3.8, 4) is 0 Å². The zero-order chi connectivity index (χ0) is 18.1. The molecular weight excluding hydrogens is 330 g/mol. The fraction of sp³-hybridized carbons (Fsp3) is 0.158. The van der Waals surface area contributed by atoms with Crippen LogP contribution >= 0.6 is 0 Å². The average molecular weight is 347 g/mol. The van der Waals surface area contributed by atoms with Crippen molar-refractivity contribution in [2.75, 3.05) is 5.32 Å². The van der Waals surface area contributed by atoms with Crippen molar-refractivity contribution >= 4 is 34.6 Å². The van der Waals surface area contributed by atoms with Crippen molar-refractivity contribution in [3.63, 3.8) is 0 Å². The van der Waals surface area contributed by atoms with Gasteiger partial charge in [-0.25, -0.2) is 0 Å². The summed E-state index contributed by atoms with van der Waals surface area (Å²) in [6, 6.07) is 12.8. The Morgan fingerprint density at radius 2 is 1.96 bits per heavy atom. The lowest BCUT2D eigenvalue weighted by Gasteiger charge is -2.32. The van der Waals surface area contributed by atoms with Crippen LogP contribution in [0.3, 0.4) is 0 Å². The molecule has 2 heterocycles. The summed E-state index contributed by atoms with van der Waals surface area (Å²) in [5.74, 6) is -0.272. The normalized spacial score (nSPS) is 15.7. The molecular formula is C19H17N5O2. The third-order valence-electron chi connectivity index (χ3n) is 4.45. The number of aromatic nitrogens is 3. The minimum atomic E-state index is -0.329. The van der Waals surface area contributed by atoms with Gasteiger partial charge in [0.15, 0.2) is 0 Å². The highest BCUT2D eigenvalue weighted by atomic mass is 16.2. The summed E-state index contributed by atoms with van der Waals surface area (Å²) < 4.78 is 0. The molecule has 0 saturated carbocycles. The van der Waals surface area contributed by atoms with Gasteiger partial charge in [0.2, 0.25) is 11.8 Å². The second-order valence-electron chi connectivity index (χ2n) is 6.17. The molecule has 7 nitrogen and oxygen atoms in total. The standard InChI is InChI=1S/C19H17N5O2/c1-12(25)24-9-8-13-4-2-3-5-15(13)18(24)11-19(26)20-14-6-7-16-17(10-14)22-23-21-16/h2-10,18H,11H2,1H3,(H,20,26)(H,21,22,23). The van der Waals surface area contributed by atoms with Crippen LogP contribution in [0.1, 0.15) is 30.5 Å². The highest BCUT2D eigenvalue weighted by molar-refractivity contribution is 5.94. The number of aromatic amines is 1. The molecule has 0 aliphatic carbocycles. The predicted molar refractivity (Wildman–Crippen MR) is 97.9 cm³/mol. The van der Waals surface area contributed by atoms with Crippen LogP contribution in [-0.4, -0.2) is 32.1 Å². The Hall–Kier alpha value is -3.48. The minimum Gasteiger partial charge on any atom is -0.326 e. The second kappa shape index (κ2) is 6.44. The van der Waals surface area contributed by atoms with Gasteiger partial charge in [-0.05, 0) is 35.4 Å². The number of benzene rings is 2. The van der Waals surface area contributed by atoms with Crippen LogP contribution in [0.5, 0.6) is 0 Å². The van der Waals surface area contributed by atoms with Gasteiger partial charge < -0.3 is 10.2 Å². The lowest BCUT2D eigenvalue weighted by atomic mass is 9.93. The van der Waals surface area contributed by atoms with Crippen molar-refractivity contribution in [1.29, 1.82) is 0 Å². The summed E-state index contributed by atoms with van der Waals surface area (Å²) in [6.07, 6.45) is 3.80. The van der Waals surface area contributed by atoms with E-state index in [-0.39, 0.29) is 24.3 Å². The van der Waals surface area contributed by atoms with Crippen molar-refractivity contribution in [1.82, 2.24) is 20.3 Å². The predicted octanol–water partition coefficient (Wildman–Crippen LogP) is 2.86. The number of carbonyl (C=O) groups is 2. The summed E-state index contributed by atoms with van der Waals surface area (Å²) in [4.78, 5) is 26.2. The maximum Gasteiger partial charge on any atom is 0.226 e. The fourth-order valence-electron chi connectivity index (χ4n) is 3.22. The lowest BCUT2D eigenvalue weighted by molar-refractivity contribution is -0.129. The monoisotopic (exact) mass is 347 g/mol. The summed E-state index contributed by atoms with van der Waals surface area (Å²) in [5, 5.41) is 13.4. The first-order chi connectivity index (χ1) is 12.6. The van der Waals surface area contributed by atoms with E-state index in [9.17, 15) is 9.59 Å². The Morgan fingerprint density at radius 1 is 1.15 bits per heavy atom. The molecule has 2 amide bonds. The number of nitrogens with zero attached hydrogens (tertiary/aromatic N) is 3. The van der Waals surface area contributed by atoms with Gasteiger partial charge in [-0.15, -0.1) is 0 Å². The van der Waals surface area contributed by atoms with Crippen LogP contribution in [0.4, 0.5) is 5.69 Å². The zero-order valence-electron chi connectivity index (χ0n) is 14.1. The maximum absolute atomic E-state index is 12.6. The van der Waals surface area contributed by atoms with Crippen LogP contribution in [0.25, 0.3) is 17.1 Å². The van der Waals surface area contributed by atoms with E-state index in [4.69, 9.17) is 0 Å². The van der Waals surface area contributed by atoms with Gasteiger partial charge in [-0.2, -0.15) is 15.4 Å². The van der Waals surface area contributed by atoms with E-state index in [2.05, 4.69) is 20.7 Å². The quantitative estimate of drug-likeness (QED) is 0.762. The molecule has 0 saturated heterocycles. The largest absolute Gasteiger partial charge is 0.326 e. The number of fused-ring (bicyclic) bond motifs is 2. The van der Waals surface area contributed by atoms with Crippen molar-refractivity contribution in [2.45, 2.75) is 19.4 Å². The minimum absolute atomic E-state index is 0.0995. The first kappa shape index (κ1) is 16.0. The number of anilines is 1. The van der Waals surface area contributed by atoms with Crippen LogP contribution < -0.4 is 5.32 Å². The molecule has 1 atom stereocenters. The van der Waals surface area contributed by atoms with E-state index in [0.717, 1.165) is 16.6 Å². The number of amides is 2. The average Bonchev–Trinajstić information content (AvgIpc) is 3.09. The van der Waals surface area contributed by atoms with Crippen molar-refractivity contribution in [3.05, 3.63) is 59.8 Å². The molecule has 1 aliphatic heterocycles. The van der Waals surface area contributed by atoms with E-state index >= 15 is 0 Å². The SMILES string of the molecule is CC(=O)N1C=Cc2ccccc2C1CC(=O)Nc1ccc2n[nH]nc2c1. The van der Waals surface area contributed by atoms with Crippen LogP contribution in [0.15, 0.2) is 48.7 Å². The molecule has 1 aliphatic rings. The molecule has 2 N–H and O–H groups in total. The van der Waals surface area contributed by atoms with Crippen LogP contribution in [0, 0.1) is 0 Å². The third-order valence-corrected chi connectivity index (χ3v) is 4.45. The van der Waals surface area contributed by atoms with Gasteiger partial charge in [0.1, 0.15) is 11.0 Å². The molecule has 7 heteroatoms. The van der Waals surface area contributed by atoms with Gasteiger partial charge in [0.25, 0.3) is 0 Å². The fourth-order valence-corrected chi connectivity index (χ4v) is 3.22. The van der Waals surface area contributed by atoms with Crippen LogP contribution in [0.2, 0.25) is 0 Å². The number of hydrogen-bond donors (Lipinski definition) is 2. The van der Waals surface area contributed by atoms with Crippen molar-refractivity contribution in [2.24, 2.45) is 0 Å². The zero-order valence-corrected chi connectivity index (χ0v) is 14.1. The summed E-state index contributed by atoms with van der Waals surface area (Å²) in [7, 11) is 0. The molecule has 0 spiro atoms. The first-order valence-corrected chi connectivity index (χ1v) is 8.28. The molecule has 0 radical (unpaired) electrons. The topological polar surface area (TPSA) is 91.0 Å². The van der Waals surface area contributed by atoms with Crippen LogP contribution in [-0.2, 0) is 9.59 Å². The maximum atomic E-state index is 12.6. The highest BCUT2D eigenvalue weighted by Crippen LogP contribution is 2.33. The molecule has 0 bridgehead atoms. The Balaban J connectivity index is 1.56. The van der Waals surface area contributed by atoms with E-state index in [0.29, 0.717) is 11.2 Å². The Bertz CT molecular complexity index is 1020. The molecule has 26 heavy (non-hydrogen) atoms. The van der Waals surface area contributed by atoms with Gasteiger partial charge in [-0.1, -0.05) is 24.3 Å². The lowest BCUT2D eigenvalue weighted by Crippen LogP contribution is -2.33. The van der Waals surface area contributed by atoms with Gasteiger partial charge in [0, 0.05) is 18.8 Å². The summed E-state index contributed by atoms with van der Waals surface area (Å²) >= 11 is 0. The number of H-pyrrole nitrogens is 1.